The Bertz CT molecular complexity index is 628. The summed E-state index contributed by atoms with van der Waals surface area (Å²) >= 11 is 8.04. The van der Waals surface area contributed by atoms with Gasteiger partial charge in [0.15, 0.2) is 4.34 Å². The van der Waals surface area contributed by atoms with E-state index in [-0.39, 0.29) is 12.8 Å². The number of aliphatic carboxylic acids is 1. The normalized spacial score (nSPS) is 10.6. The molecule has 0 saturated heterocycles. The molecular weight excluding hydrogens is 310 g/mol. The Morgan fingerprint density at radius 2 is 2.21 bits per heavy atom. The summed E-state index contributed by atoms with van der Waals surface area (Å²) in [5, 5.41) is 9.05. The van der Waals surface area contributed by atoms with Crippen molar-refractivity contribution in [3.63, 3.8) is 0 Å². The van der Waals surface area contributed by atoms with Crippen LogP contribution < -0.4 is 0 Å². The molecule has 0 unspecified atom stereocenters. The molecule has 0 atom stereocenters. The van der Waals surface area contributed by atoms with Crippen LogP contribution in [0.2, 0.25) is 5.02 Å². The number of benzene rings is 1. The van der Waals surface area contributed by atoms with Gasteiger partial charge in [0.1, 0.15) is 12.0 Å². The molecule has 0 amide bonds. The van der Waals surface area contributed by atoms with Crippen LogP contribution in [0.3, 0.4) is 0 Å². The number of hydrogen-bond donors (Lipinski definition) is 1. The number of carbonyl (C=O) groups is 2. The lowest BCUT2D eigenvalue weighted by Gasteiger charge is -1.97. The highest BCUT2D eigenvalue weighted by atomic mass is 35.5. The summed E-state index contributed by atoms with van der Waals surface area (Å²) < 4.78 is 6.34. The molecule has 0 spiro atoms. The van der Waals surface area contributed by atoms with Crippen LogP contribution in [-0.2, 0) is 13.8 Å². The molecular formula is C11H8ClNO4S2. The molecule has 100 valence electrons. The third-order valence-electron chi connectivity index (χ3n) is 2.08. The maximum Gasteiger partial charge on any atom is 0.318 e. The number of aromatic nitrogens is 1. The number of fused-ring (bicyclic) bond motifs is 1. The monoisotopic (exact) mass is 317 g/mol. The highest BCUT2D eigenvalue weighted by molar-refractivity contribution is 7.97. The van der Waals surface area contributed by atoms with Crippen molar-refractivity contribution >= 4 is 57.1 Å². The summed E-state index contributed by atoms with van der Waals surface area (Å²) in [5.74, 6) is -1.61. The maximum atomic E-state index is 11.2. The van der Waals surface area contributed by atoms with E-state index in [1.807, 2.05) is 0 Å². The lowest BCUT2D eigenvalue weighted by molar-refractivity contribution is -0.141. The second-order valence-corrected chi connectivity index (χ2v) is 5.97. The highest BCUT2D eigenvalue weighted by Gasteiger charge is 2.11. The molecule has 0 bridgehead atoms. The Kier molecular flexibility index (Phi) is 4.62. The smallest absolute Gasteiger partial charge is 0.318 e. The van der Waals surface area contributed by atoms with Crippen molar-refractivity contribution in [2.75, 3.05) is 0 Å². The molecule has 1 N–H and O–H groups in total. The topological polar surface area (TPSA) is 76.5 Å². The van der Waals surface area contributed by atoms with Crippen LogP contribution in [0, 0.1) is 0 Å². The van der Waals surface area contributed by atoms with Gasteiger partial charge in [-0.15, -0.1) is 11.3 Å². The minimum Gasteiger partial charge on any atom is -0.481 e. The van der Waals surface area contributed by atoms with E-state index in [4.69, 9.17) is 20.9 Å². The number of halogens is 1. The number of carboxylic acids is 1. The fourth-order valence-corrected chi connectivity index (χ4v) is 3.11. The molecule has 0 radical (unpaired) electrons. The zero-order valence-electron chi connectivity index (χ0n) is 9.46. The second kappa shape index (κ2) is 6.23. The second-order valence-electron chi connectivity index (χ2n) is 3.52. The zero-order valence-corrected chi connectivity index (χ0v) is 11.8. The van der Waals surface area contributed by atoms with Crippen LogP contribution in [0.4, 0.5) is 0 Å². The molecule has 1 aromatic heterocycles. The minimum atomic E-state index is -1.03. The largest absolute Gasteiger partial charge is 0.481 e. The molecule has 5 nitrogen and oxygen atoms in total. The zero-order chi connectivity index (χ0) is 13.8. The van der Waals surface area contributed by atoms with Crippen molar-refractivity contribution < 1.29 is 18.9 Å². The van der Waals surface area contributed by atoms with Crippen LogP contribution in [0.5, 0.6) is 0 Å². The Morgan fingerprint density at radius 1 is 1.42 bits per heavy atom. The Hall–Kier alpha value is -1.31. The number of hydrogen-bond acceptors (Lipinski definition) is 6. The fourth-order valence-electron chi connectivity index (χ4n) is 1.25. The fraction of sp³-hybridized carbons (Fsp3) is 0.182. The van der Waals surface area contributed by atoms with Crippen LogP contribution in [0.1, 0.15) is 12.8 Å². The van der Waals surface area contributed by atoms with Crippen LogP contribution >= 0.6 is 35.0 Å². The van der Waals surface area contributed by atoms with Crippen molar-refractivity contribution in [3.05, 3.63) is 23.2 Å². The van der Waals surface area contributed by atoms with Crippen molar-refractivity contribution in [3.8, 4) is 0 Å². The van der Waals surface area contributed by atoms with E-state index in [9.17, 15) is 9.59 Å². The summed E-state index contributed by atoms with van der Waals surface area (Å²) in [6, 6.07) is 5.30. The Labute approximate surface area is 121 Å². The standard InChI is InChI=1S/C11H8ClNO4S2/c12-6-1-2-7-8(5-6)18-11(13-7)19-17-10(16)4-3-9(14)15/h1-2,5H,3-4H2,(H,14,15). The Balaban J connectivity index is 1.94. The lowest BCUT2D eigenvalue weighted by Crippen LogP contribution is -2.03. The van der Waals surface area contributed by atoms with Gasteiger partial charge in [0.2, 0.25) is 0 Å². The summed E-state index contributed by atoms with van der Waals surface area (Å²) in [6.07, 6.45) is -0.395. The van der Waals surface area contributed by atoms with Gasteiger partial charge in [0.25, 0.3) is 0 Å². The van der Waals surface area contributed by atoms with Crippen molar-refractivity contribution in [1.29, 1.82) is 0 Å². The van der Waals surface area contributed by atoms with Gasteiger partial charge >= 0.3 is 11.9 Å². The average Bonchev–Trinajstić information content (AvgIpc) is 2.75. The van der Waals surface area contributed by atoms with E-state index < -0.39 is 11.9 Å². The predicted octanol–water partition coefficient (Wildman–Crippen LogP) is 3.36. The Morgan fingerprint density at radius 3 is 2.95 bits per heavy atom. The van der Waals surface area contributed by atoms with Crippen molar-refractivity contribution in [2.45, 2.75) is 17.2 Å². The molecule has 0 aliphatic rings. The number of carboxylic acid groups (broad SMARTS) is 1. The van der Waals surface area contributed by atoms with Crippen LogP contribution in [-0.4, -0.2) is 22.0 Å². The molecule has 1 heterocycles. The van der Waals surface area contributed by atoms with E-state index >= 15 is 0 Å². The van der Waals surface area contributed by atoms with Gasteiger partial charge in [0.05, 0.1) is 23.1 Å². The molecule has 0 aliphatic heterocycles. The minimum absolute atomic E-state index is 0.154. The van der Waals surface area contributed by atoms with E-state index in [0.29, 0.717) is 9.36 Å². The number of carbonyl (C=O) groups excluding carboxylic acids is 1. The highest BCUT2D eigenvalue weighted by Crippen LogP contribution is 2.31. The van der Waals surface area contributed by atoms with Crippen LogP contribution in [0.25, 0.3) is 10.2 Å². The first-order chi connectivity index (χ1) is 9.04. The third kappa shape index (κ3) is 4.09. The van der Waals surface area contributed by atoms with Gasteiger partial charge < -0.3 is 9.29 Å². The SMILES string of the molecule is O=C(O)CCC(=O)OSc1nc2ccc(Cl)cc2s1. The molecule has 8 heteroatoms. The quantitative estimate of drug-likeness (QED) is 0.852. The number of rotatable bonds is 5. The van der Waals surface area contributed by atoms with E-state index in [1.165, 1.54) is 11.3 Å². The van der Waals surface area contributed by atoms with Gasteiger partial charge in [-0.1, -0.05) is 11.6 Å². The number of thiazole rings is 1. The molecule has 1 aromatic carbocycles. The average molecular weight is 318 g/mol. The van der Waals surface area contributed by atoms with Crippen LogP contribution in [0.15, 0.2) is 22.5 Å². The summed E-state index contributed by atoms with van der Waals surface area (Å²) in [4.78, 5) is 25.8. The summed E-state index contributed by atoms with van der Waals surface area (Å²) in [7, 11) is 0. The van der Waals surface area contributed by atoms with Gasteiger partial charge in [-0.05, 0) is 18.2 Å². The van der Waals surface area contributed by atoms with Crippen molar-refractivity contribution in [1.82, 2.24) is 4.98 Å². The molecule has 2 rings (SSSR count). The predicted molar refractivity (Wildman–Crippen MR) is 73.4 cm³/mol. The summed E-state index contributed by atoms with van der Waals surface area (Å²) in [5.41, 5.74) is 0.776. The van der Waals surface area contributed by atoms with Gasteiger partial charge in [-0.3, -0.25) is 9.59 Å². The van der Waals surface area contributed by atoms with Gasteiger partial charge in [-0.25, -0.2) is 4.98 Å². The first-order valence-corrected chi connectivity index (χ1v) is 7.13. The first kappa shape index (κ1) is 14.1. The van der Waals surface area contributed by atoms with Gasteiger partial charge in [-0.2, -0.15) is 0 Å². The van der Waals surface area contributed by atoms with E-state index in [0.717, 1.165) is 22.3 Å². The van der Waals surface area contributed by atoms with E-state index in [2.05, 4.69) is 4.98 Å². The lowest BCUT2D eigenvalue weighted by atomic mass is 10.3. The molecule has 2 aromatic rings. The molecule has 0 fully saturated rings. The molecule has 19 heavy (non-hydrogen) atoms. The number of nitrogens with zero attached hydrogens (tertiary/aromatic N) is 1. The molecule has 0 aliphatic carbocycles. The van der Waals surface area contributed by atoms with Crippen molar-refractivity contribution in [2.24, 2.45) is 0 Å². The third-order valence-corrected chi connectivity index (χ3v) is 4.08. The molecule has 0 saturated carbocycles. The maximum absolute atomic E-state index is 11.2. The summed E-state index contributed by atoms with van der Waals surface area (Å²) in [6.45, 7) is 0. The van der Waals surface area contributed by atoms with E-state index in [1.54, 1.807) is 18.2 Å². The first-order valence-electron chi connectivity index (χ1n) is 5.20. The van der Waals surface area contributed by atoms with Gasteiger partial charge in [0, 0.05) is 5.02 Å².